The maximum atomic E-state index is 8.97. The fraction of sp³-hybridized carbons (Fsp3) is 1.00. The van der Waals surface area contributed by atoms with Crippen LogP contribution in [0.15, 0.2) is 0 Å². The summed E-state index contributed by atoms with van der Waals surface area (Å²) in [7, 11) is 0. The van der Waals surface area contributed by atoms with Crippen LogP contribution in [0.3, 0.4) is 0 Å². The lowest BCUT2D eigenvalue weighted by Gasteiger charge is -2.41. The summed E-state index contributed by atoms with van der Waals surface area (Å²) in [5, 5.41) is 17.9. The lowest BCUT2D eigenvalue weighted by molar-refractivity contribution is -0.390. The minimum absolute atomic E-state index is 0.211. The molecule has 0 amide bonds. The summed E-state index contributed by atoms with van der Waals surface area (Å²) in [5.74, 6) is 0. The molecule has 4 atom stereocenters. The predicted molar refractivity (Wildman–Crippen MR) is 43.4 cm³/mol. The molecule has 6 heteroatoms. The van der Waals surface area contributed by atoms with Crippen molar-refractivity contribution in [2.45, 2.75) is 24.8 Å². The van der Waals surface area contributed by atoms with Gasteiger partial charge < -0.3 is 29.2 Å². The molecule has 0 unspecified atom stereocenters. The van der Waals surface area contributed by atoms with Crippen molar-refractivity contribution in [1.29, 1.82) is 0 Å². The van der Waals surface area contributed by atoms with Gasteiger partial charge in [-0.2, -0.15) is 0 Å². The Bertz CT molecular complexity index is 163. The van der Waals surface area contributed by atoms with E-state index in [9.17, 15) is 0 Å². The average molecular weight is 206 g/mol. The fourth-order valence-corrected chi connectivity index (χ4v) is 1.53. The van der Waals surface area contributed by atoms with Crippen LogP contribution < -0.4 is 0 Å². The van der Waals surface area contributed by atoms with Crippen molar-refractivity contribution in [3.8, 4) is 0 Å². The first-order valence-electron chi connectivity index (χ1n) is 4.61. The highest BCUT2D eigenvalue weighted by molar-refractivity contribution is 4.77. The molecule has 2 rings (SSSR count). The van der Waals surface area contributed by atoms with Gasteiger partial charge in [0.05, 0.1) is 26.4 Å². The van der Waals surface area contributed by atoms with Crippen molar-refractivity contribution < 1.29 is 29.2 Å². The first-order chi connectivity index (χ1) is 6.85. The quantitative estimate of drug-likeness (QED) is 0.570. The Morgan fingerprint density at radius 3 is 1.64 bits per heavy atom. The summed E-state index contributed by atoms with van der Waals surface area (Å²) < 4.78 is 21.2. The number of aliphatic hydroxyl groups is 2. The van der Waals surface area contributed by atoms with Gasteiger partial charge in [0.25, 0.3) is 0 Å². The summed E-state index contributed by atoms with van der Waals surface area (Å²) in [5.41, 5.74) is 0. The SMILES string of the molecule is OC[C@@H]1O[C@H]2OCCO[C@H]2O[C@H]1CO. The van der Waals surface area contributed by atoms with E-state index >= 15 is 0 Å². The van der Waals surface area contributed by atoms with Crippen molar-refractivity contribution >= 4 is 0 Å². The minimum atomic E-state index is -0.594. The maximum absolute atomic E-state index is 8.97. The molecular weight excluding hydrogens is 192 g/mol. The molecule has 0 radical (unpaired) electrons. The van der Waals surface area contributed by atoms with Gasteiger partial charge in [0.1, 0.15) is 12.2 Å². The highest BCUT2D eigenvalue weighted by Crippen LogP contribution is 2.24. The molecule has 6 nitrogen and oxygen atoms in total. The van der Waals surface area contributed by atoms with E-state index in [-0.39, 0.29) is 13.2 Å². The Balaban J connectivity index is 1.98. The Morgan fingerprint density at radius 1 is 0.857 bits per heavy atom. The molecule has 0 aliphatic carbocycles. The molecule has 0 aromatic rings. The molecule has 2 fully saturated rings. The number of aliphatic hydroxyl groups excluding tert-OH is 2. The van der Waals surface area contributed by atoms with Crippen molar-refractivity contribution in [2.24, 2.45) is 0 Å². The van der Waals surface area contributed by atoms with E-state index in [0.717, 1.165) is 0 Å². The predicted octanol–water partition coefficient (Wildman–Crippen LogP) is -1.55. The fourth-order valence-electron chi connectivity index (χ4n) is 1.53. The zero-order valence-electron chi connectivity index (χ0n) is 7.67. The molecule has 0 aromatic heterocycles. The van der Waals surface area contributed by atoms with E-state index in [4.69, 9.17) is 29.2 Å². The third kappa shape index (κ3) is 1.90. The molecule has 2 saturated heterocycles. The molecular formula is C8H14O6. The van der Waals surface area contributed by atoms with Crippen LogP contribution in [0.4, 0.5) is 0 Å². The van der Waals surface area contributed by atoms with Crippen LogP contribution in [0.2, 0.25) is 0 Å². The first-order valence-corrected chi connectivity index (χ1v) is 4.61. The number of hydrogen-bond donors (Lipinski definition) is 2. The number of hydrogen-bond acceptors (Lipinski definition) is 6. The molecule has 14 heavy (non-hydrogen) atoms. The van der Waals surface area contributed by atoms with Gasteiger partial charge in [-0.1, -0.05) is 0 Å². The van der Waals surface area contributed by atoms with Gasteiger partial charge in [0.15, 0.2) is 0 Å². The van der Waals surface area contributed by atoms with Crippen molar-refractivity contribution in [2.75, 3.05) is 26.4 Å². The number of rotatable bonds is 2. The van der Waals surface area contributed by atoms with Gasteiger partial charge in [0.2, 0.25) is 12.6 Å². The Morgan fingerprint density at radius 2 is 1.29 bits per heavy atom. The van der Waals surface area contributed by atoms with Crippen LogP contribution in [0.1, 0.15) is 0 Å². The lowest BCUT2D eigenvalue weighted by atomic mass is 10.2. The van der Waals surface area contributed by atoms with E-state index in [0.29, 0.717) is 13.2 Å². The van der Waals surface area contributed by atoms with Crippen molar-refractivity contribution in [3.05, 3.63) is 0 Å². The minimum Gasteiger partial charge on any atom is -0.394 e. The third-order valence-corrected chi connectivity index (χ3v) is 2.26. The lowest BCUT2D eigenvalue weighted by Crippen LogP contribution is -2.56. The van der Waals surface area contributed by atoms with Crippen LogP contribution in [0.5, 0.6) is 0 Å². The second-order valence-corrected chi connectivity index (χ2v) is 3.19. The highest BCUT2D eigenvalue weighted by atomic mass is 16.8. The van der Waals surface area contributed by atoms with Crippen LogP contribution in [0.25, 0.3) is 0 Å². The summed E-state index contributed by atoms with van der Waals surface area (Å²) in [6.45, 7) is 0.481. The Labute approximate surface area is 81.3 Å². The molecule has 2 aliphatic rings. The number of ether oxygens (including phenoxy) is 4. The van der Waals surface area contributed by atoms with E-state index in [2.05, 4.69) is 0 Å². The first kappa shape index (κ1) is 10.3. The van der Waals surface area contributed by atoms with Crippen molar-refractivity contribution in [3.63, 3.8) is 0 Å². The molecule has 2 N–H and O–H groups in total. The van der Waals surface area contributed by atoms with Crippen LogP contribution >= 0.6 is 0 Å². The van der Waals surface area contributed by atoms with Gasteiger partial charge >= 0.3 is 0 Å². The number of fused-ring (bicyclic) bond motifs is 1. The molecule has 0 saturated carbocycles. The molecule has 2 heterocycles. The molecule has 0 aromatic carbocycles. The van der Waals surface area contributed by atoms with E-state index in [1.165, 1.54) is 0 Å². The Hall–Kier alpha value is -0.240. The summed E-state index contributed by atoms with van der Waals surface area (Å²) in [6, 6.07) is 0. The second-order valence-electron chi connectivity index (χ2n) is 3.19. The monoisotopic (exact) mass is 206 g/mol. The van der Waals surface area contributed by atoms with Crippen LogP contribution in [-0.2, 0) is 18.9 Å². The van der Waals surface area contributed by atoms with Crippen LogP contribution in [0, 0.1) is 0 Å². The molecule has 2 aliphatic heterocycles. The summed E-state index contributed by atoms with van der Waals surface area (Å²) >= 11 is 0. The Kier molecular flexibility index (Phi) is 3.32. The normalized spacial score (nSPS) is 43.3. The maximum Gasteiger partial charge on any atom is 0.209 e. The molecule has 0 spiro atoms. The van der Waals surface area contributed by atoms with Gasteiger partial charge in [-0.05, 0) is 0 Å². The molecule has 82 valence electrons. The topological polar surface area (TPSA) is 77.4 Å². The van der Waals surface area contributed by atoms with Crippen molar-refractivity contribution in [1.82, 2.24) is 0 Å². The largest absolute Gasteiger partial charge is 0.394 e. The average Bonchev–Trinajstić information content (AvgIpc) is 2.27. The van der Waals surface area contributed by atoms with Gasteiger partial charge in [0, 0.05) is 0 Å². The zero-order valence-corrected chi connectivity index (χ0v) is 7.67. The van der Waals surface area contributed by atoms with E-state index < -0.39 is 24.8 Å². The van der Waals surface area contributed by atoms with Crippen LogP contribution in [-0.4, -0.2) is 61.4 Å². The highest BCUT2D eigenvalue weighted by Gasteiger charge is 2.41. The second kappa shape index (κ2) is 4.52. The standard InChI is InChI=1S/C8H14O6/c9-3-5-6(4-10)14-8-7(13-5)11-1-2-12-8/h5-10H,1-4H2/t5-,6-,7-,8+/m0/s1. The smallest absolute Gasteiger partial charge is 0.209 e. The van der Waals surface area contributed by atoms with E-state index in [1.54, 1.807) is 0 Å². The molecule has 0 bridgehead atoms. The third-order valence-electron chi connectivity index (χ3n) is 2.26. The summed E-state index contributed by atoms with van der Waals surface area (Å²) in [6.07, 6.45) is -2.29. The van der Waals surface area contributed by atoms with Gasteiger partial charge in [-0.3, -0.25) is 0 Å². The zero-order chi connectivity index (χ0) is 9.97. The van der Waals surface area contributed by atoms with E-state index in [1.807, 2.05) is 0 Å². The van der Waals surface area contributed by atoms with Gasteiger partial charge in [-0.25, -0.2) is 0 Å². The van der Waals surface area contributed by atoms with Gasteiger partial charge in [-0.15, -0.1) is 0 Å². The summed E-state index contributed by atoms with van der Waals surface area (Å²) in [4.78, 5) is 0.